The van der Waals surface area contributed by atoms with Gasteiger partial charge in [-0.15, -0.1) is 0 Å². The summed E-state index contributed by atoms with van der Waals surface area (Å²) in [6, 6.07) is 12.5. The maximum Gasteiger partial charge on any atom is 0.287 e. The summed E-state index contributed by atoms with van der Waals surface area (Å²) in [4.78, 5) is 21.2. The van der Waals surface area contributed by atoms with Gasteiger partial charge < -0.3 is 29.3 Å². The minimum Gasteiger partial charge on any atom is -0.497 e. The van der Waals surface area contributed by atoms with Gasteiger partial charge in [-0.3, -0.25) is 4.79 Å². The maximum absolute atomic E-state index is 12.3. The number of furan rings is 1. The van der Waals surface area contributed by atoms with E-state index in [4.69, 9.17) is 18.6 Å². The molecule has 0 saturated carbocycles. The SMILES string of the molecule is COc1ccc(-c2ccnc(NC3COC4C(NC(=O)c5ccco5)COC34)n2)cc1. The van der Waals surface area contributed by atoms with Crippen LogP contribution in [0.4, 0.5) is 5.95 Å². The number of benzene rings is 1. The zero-order valence-corrected chi connectivity index (χ0v) is 16.9. The quantitative estimate of drug-likeness (QED) is 0.622. The van der Waals surface area contributed by atoms with Gasteiger partial charge in [-0.25, -0.2) is 9.97 Å². The molecule has 2 fully saturated rings. The van der Waals surface area contributed by atoms with Crippen LogP contribution in [0.2, 0.25) is 0 Å². The molecule has 2 aromatic heterocycles. The van der Waals surface area contributed by atoms with Gasteiger partial charge >= 0.3 is 0 Å². The van der Waals surface area contributed by atoms with Crippen LogP contribution in [0.25, 0.3) is 11.3 Å². The average molecular weight is 422 g/mol. The molecule has 0 spiro atoms. The number of carbonyl (C=O) groups excluding carboxylic acids is 1. The fourth-order valence-corrected chi connectivity index (χ4v) is 3.91. The van der Waals surface area contributed by atoms with Gasteiger partial charge in [-0.05, 0) is 42.5 Å². The Bertz CT molecular complexity index is 1040. The molecule has 1 amide bonds. The number of aromatic nitrogens is 2. The van der Waals surface area contributed by atoms with E-state index in [2.05, 4.69) is 20.6 Å². The Morgan fingerprint density at radius 1 is 1.06 bits per heavy atom. The number of methoxy groups -OCH3 is 1. The van der Waals surface area contributed by atoms with Crippen molar-refractivity contribution >= 4 is 11.9 Å². The van der Waals surface area contributed by atoms with E-state index in [1.165, 1.54) is 6.26 Å². The third-order valence-electron chi connectivity index (χ3n) is 5.47. The molecule has 0 aliphatic carbocycles. The molecule has 31 heavy (non-hydrogen) atoms. The Morgan fingerprint density at radius 2 is 1.84 bits per heavy atom. The largest absolute Gasteiger partial charge is 0.497 e. The summed E-state index contributed by atoms with van der Waals surface area (Å²) >= 11 is 0. The summed E-state index contributed by atoms with van der Waals surface area (Å²) in [5.74, 6) is 1.27. The van der Waals surface area contributed by atoms with Crippen molar-refractivity contribution in [1.29, 1.82) is 0 Å². The predicted octanol–water partition coefficient (Wildman–Crippen LogP) is 2.12. The van der Waals surface area contributed by atoms with E-state index in [1.807, 2.05) is 30.3 Å². The number of nitrogens with one attached hydrogen (secondary N) is 2. The van der Waals surface area contributed by atoms with Crippen LogP contribution in [0.3, 0.4) is 0 Å². The second-order valence-electron chi connectivity index (χ2n) is 7.40. The molecule has 4 unspecified atom stereocenters. The number of fused-ring (bicyclic) bond motifs is 1. The smallest absolute Gasteiger partial charge is 0.287 e. The molecule has 9 nitrogen and oxygen atoms in total. The first-order valence-corrected chi connectivity index (χ1v) is 10.0. The lowest BCUT2D eigenvalue weighted by atomic mass is 10.1. The number of carbonyl (C=O) groups is 1. The van der Waals surface area contributed by atoms with E-state index in [1.54, 1.807) is 25.4 Å². The van der Waals surface area contributed by atoms with Crippen molar-refractivity contribution in [3.8, 4) is 17.0 Å². The zero-order valence-electron chi connectivity index (χ0n) is 16.9. The topological polar surface area (TPSA) is 108 Å². The van der Waals surface area contributed by atoms with E-state index in [-0.39, 0.29) is 36.0 Å². The summed E-state index contributed by atoms with van der Waals surface area (Å²) in [7, 11) is 1.64. The number of amides is 1. The van der Waals surface area contributed by atoms with Crippen molar-refractivity contribution < 1.29 is 23.4 Å². The van der Waals surface area contributed by atoms with Gasteiger partial charge in [0, 0.05) is 11.8 Å². The van der Waals surface area contributed by atoms with Crippen molar-refractivity contribution in [1.82, 2.24) is 15.3 Å². The van der Waals surface area contributed by atoms with Crippen LogP contribution in [0.5, 0.6) is 5.75 Å². The first kappa shape index (κ1) is 19.5. The van der Waals surface area contributed by atoms with Gasteiger partial charge in [0.25, 0.3) is 5.91 Å². The molecule has 4 heterocycles. The minimum absolute atomic E-state index is 0.123. The molecular weight excluding hydrogens is 400 g/mol. The van der Waals surface area contributed by atoms with Crippen molar-refractivity contribution in [3.05, 3.63) is 60.7 Å². The average Bonchev–Trinajstić information content (AvgIpc) is 3.55. The van der Waals surface area contributed by atoms with Crippen LogP contribution < -0.4 is 15.4 Å². The number of hydrogen-bond acceptors (Lipinski definition) is 8. The van der Waals surface area contributed by atoms with E-state index >= 15 is 0 Å². The highest BCUT2D eigenvalue weighted by molar-refractivity contribution is 5.91. The number of nitrogens with zero attached hydrogens (tertiary/aromatic N) is 2. The summed E-state index contributed by atoms with van der Waals surface area (Å²) in [6.07, 6.45) is 2.72. The van der Waals surface area contributed by atoms with Gasteiger partial charge in [0.1, 0.15) is 18.0 Å². The van der Waals surface area contributed by atoms with Crippen LogP contribution in [0.1, 0.15) is 10.6 Å². The van der Waals surface area contributed by atoms with Crippen LogP contribution >= 0.6 is 0 Å². The first-order valence-electron chi connectivity index (χ1n) is 10.0. The molecule has 160 valence electrons. The fraction of sp³-hybridized carbons (Fsp3) is 0.318. The third-order valence-corrected chi connectivity index (χ3v) is 5.47. The van der Waals surface area contributed by atoms with E-state index in [0.717, 1.165) is 17.0 Å². The van der Waals surface area contributed by atoms with Crippen molar-refractivity contribution in [2.75, 3.05) is 25.6 Å². The van der Waals surface area contributed by atoms with Gasteiger partial charge in [0.2, 0.25) is 5.95 Å². The number of ether oxygens (including phenoxy) is 3. The summed E-state index contributed by atoms with van der Waals surface area (Å²) in [6.45, 7) is 0.797. The second kappa shape index (κ2) is 8.37. The molecule has 2 aliphatic rings. The van der Waals surface area contributed by atoms with Crippen LogP contribution in [0.15, 0.2) is 59.3 Å². The van der Waals surface area contributed by atoms with Crippen LogP contribution in [-0.2, 0) is 9.47 Å². The Hall–Kier alpha value is -3.43. The lowest BCUT2D eigenvalue weighted by molar-refractivity contribution is 0.0646. The predicted molar refractivity (Wildman–Crippen MR) is 111 cm³/mol. The molecule has 4 atom stereocenters. The fourth-order valence-electron chi connectivity index (χ4n) is 3.91. The molecule has 3 aromatic rings. The van der Waals surface area contributed by atoms with Crippen molar-refractivity contribution in [2.24, 2.45) is 0 Å². The highest BCUT2D eigenvalue weighted by Crippen LogP contribution is 2.29. The number of anilines is 1. The molecule has 0 bridgehead atoms. The van der Waals surface area contributed by atoms with Crippen LogP contribution in [0, 0.1) is 0 Å². The Balaban J connectivity index is 1.24. The van der Waals surface area contributed by atoms with Gasteiger partial charge in [0.15, 0.2) is 5.76 Å². The van der Waals surface area contributed by atoms with E-state index in [0.29, 0.717) is 19.2 Å². The number of rotatable bonds is 6. The van der Waals surface area contributed by atoms with E-state index < -0.39 is 0 Å². The normalized spacial score (nSPS) is 24.5. The molecule has 9 heteroatoms. The summed E-state index contributed by atoms with van der Waals surface area (Å²) < 4.78 is 22.2. The van der Waals surface area contributed by atoms with Crippen molar-refractivity contribution in [2.45, 2.75) is 24.3 Å². The molecule has 2 N–H and O–H groups in total. The second-order valence-corrected chi connectivity index (χ2v) is 7.40. The molecule has 2 saturated heterocycles. The standard InChI is InChI=1S/C22H22N4O5/c1-28-14-6-4-13(5-7-14)15-8-9-23-22(25-15)26-17-12-31-19-16(11-30-20(17)19)24-21(27)18-3-2-10-29-18/h2-10,16-17,19-20H,11-12H2,1H3,(H,24,27)(H,23,25,26). The first-order chi connectivity index (χ1) is 15.2. The number of hydrogen-bond donors (Lipinski definition) is 2. The Labute approximate surface area is 178 Å². The highest BCUT2D eigenvalue weighted by Gasteiger charge is 2.48. The molecule has 2 aliphatic heterocycles. The van der Waals surface area contributed by atoms with E-state index in [9.17, 15) is 4.79 Å². The minimum atomic E-state index is -0.283. The molecule has 1 aromatic carbocycles. The third kappa shape index (κ3) is 3.97. The monoisotopic (exact) mass is 422 g/mol. The summed E-state index contributed by atoms with van der Waals surface area (Å²) in [5.41, 5.74) is 1.76. The highest BCUT2D eigenvalue weighted by atomic mass is 16.6. The van der Waals surface area contributed by atoms with Crippen molar-refractivity contribution in [3.63, 3.8) is 0 Å². The van der Waals surface area contributed by atoms with Gasteiger partial charge in [-0.2, -0.15) is 0 Å². The molecular formula is C22H22N4O5. The van der Waals surface area contributed by atoms with Crippen LogP contribution in [-0.4, -0.2) is 60.5 Å². The van der Waals surface area contributed by atoms with Gasteiger partial charge in [0.05, 0.1) is 44.4 Å². The van der Waals surface area contributed by atoms with Gasteiger partial charge in [-0.1, -0.05) is 0 Å². The molecule has 5 rings (SSSR count). The zero-order chi connectivity index (χ0) is 21.2. The maximum atomic E-state index is 12.3. The lowest BCUT2D eigenvalue weighted by Crippen LogP contribution is -2.44. The Kier molecular flexibility index (Phi) is 5.27. The Morgan fingerprint density at radius 3 is 2.58 bits per heavy atom. The molecule has 0 radical (unpaired) electrons. The summed E-state index contributed by atoms with van der Waals surface area (Å²) in [5, 5.41) is 6.24. The lowest BCUT2D eigenvalue weighted by Gasteiger charge is -2.18.